The van der Waals surface area contributed by atoms with Gasteiger partial charge in [-0.1, -0.05) is 32.7 Å². The van der Waals surface area contributed by atoms with Crippen LogP contribution in [0.15, 0.2) is 18.2 Å². The second-order valence-corrected chi connectivity index (χ2v) is 8.15. The van der Waals surface area contributed by atoms with Gasteiger partial charge in [-0.05, 0) is 37.1 Å². The molecule has 1 aromatic carbocycles. The van der Waals surface area contributed by atoms with E-state index in [0.717, 1.165) is 65.9 Å². The summed E-state index contributed by atoms with van der Waals surface area (Å²) < 4.78 is 11.5. The predicted octanol–water partition coefficient (Wildman–Crippen LogP) is 4.41. The van der Waals surface area contributed by atoms with Crippen LogP contribution in [0.3, 0.4) is 0 Å². The van der Waals surface area contributed by atoms with Crippen LogP contribution in [0.4, 0.5) is 5.82 Å². The molecule has 3 rings (SSSR count). The topological polar surface area (TPSA) is 78.0 Å². The highest BCUT2D eigenvalue weighted by molar-refractivity contribution is 7.96. The zero-order valence-corrected chi connectivity index (χ0v) is 18.1. The summed E-state index contributed by atoms with van der Waals surface area (Å²) in [5, 5.41) is 1.08. The van der Waals surface area contributed by atoms with E-state index < -0.39 is 0 Å². The third-order valence-corrected chi connectivity index (χ3v) is 5.10. The van der Waals surface area contributed by atoms with Crippen LogP contribution in [-0.4, -0.2) is 33.9 Å². The highest BCUT2D eigenvalue weighted by Gasteiger charge is 2.18. The fraction of sp³-hybridized carbons (Fsp3) is 0.524. The number of hydrogen-bond donors (Lipinski definition) is 2. The monoisotopic (exact) mass is 401 g/mol. The van der Waals surface area contributed by atoms with Gasteiger partial charge in [-0.25, -0.2) is 9.97 Å². The summed E-state index contributed by atoms with van der Waals surface area (Å²) in [6, 6.07) is 6.10. The molecule has 6 nitrogen and oxygen atoms in total. The van der Waals surface area contributed by atoms with Gasteiger partial charge in [0.15, 0.2) is 5.82 Å². The summed E-state index contributed by atoms with van der Waals surface area (Å²) in [6.07, 6.45) is 4.97. The number of aromatic nitrogens is 3. The van der Waals surface area contributed by atoms with Crippen molar-refractivity contribution in [3.63, 3.8) is 0 Å². The molecule has 0 radical (unpaired) electrons. The number of anilines is 1. The summed E-state index contributed by atoms with van der Waals surface area (Å²) in [5.74, 6) is 2.93. The van der Waals surface area contributed by atoms with Crippen LogP contribution in [-0.2, 0) is 13.0 Å². The molecule has 3 N–H and O–H groups in total. The number of nitrogen functional groups attached to an aromatic ring is 1. The van der Waals surface area contributed by atoms with Crippen LogP contribution in [0.2, 0.25) is 0 Å². The van der Waals surface area contributed by atoms with Gasteiger partial charge in [0, 0.05) is 31.0 Å². The molecule has 152 valence electrons. The molecule has 0 atom stereocenters. The number of fused-ring (bicyclic) bond motifs is 3. The van der Waals surface area contributed by atoms with Crippen LogP contribution < -0.4 is 15.2 Å². The molecular formula is C21H31N5OS. The molecule has 0 saturated carbocycles. The zero-order chi connectivity index (χ0) is 20.1. The Morgan fingerprint density at radius 2 is 2.11 bits per heavy atom. The van der Waals surface area contributed by atoms with E-state index in [1.165, 1.54) is 0 Å². The zero-order valence-electron chi connectivity index (χ0n) is 17.3. The summed E-state index contributed by atoms with van der Waals surface area (Å²) in [7, 11) is 0. The van der Waals surface area contributed by atoms with Gasteiger partial charge in [0.05, 0.1) is 17.6 Å². The van der Waals surface area contributed by atoms with Gasteiger partial charge in [0.25, 0.3) is 0 Å². The fourth-order valence-electron chi connectivity index (χ4n) is 3.44. The van der Waals surface area contributed by atoms with Gasteiger partial charge in [0.1, 0.15) is 17.1 Å². The molecule has 2 aromatic heterocycles. The number of pyridine rings is 1. The Labute approximate surface area is 171 Å². The maximum Gasteiger partial charge on any atom is 0.152 e. The molecule has 3 aromatic rings. The average molecular weight is 402 g/mol. The smallest absolute Gasteiger partial charge is 0.152 e. The molecule has 2 heterocycles. The van der Waals surface area contributed by atoms with Crippen LogP contribution in [0.1, 0.15) is 39.4 Å². The molecule has 0 saturated heterocycles. The second-order valence-electron chi connectivity index (χ2n) is 7.46. The van der Waals surface area contributed by atoms with Gasteiger partial charge in [-0.3, -0.25) is 4.72 Å². The number of rotatable bonds is 10. The number of nitrogens with zero attached hydrogens (tertiary/aromatic N) is 3. The van der Waals surface area contributed by atoms with Crippen molar-refractivity contribution in [3.05, 3.63) is 24.0 Å². The molecule has 0 unspecified atom stereocenters. The Kier molecular flexibility index (Phi) is 7.02. The molecule has 0 aliphatic carbocycles. The molecule has 0 spiro atoms. The van der Waals surface area contributed by atoms with Crippen molar-refractivity contribution < 1.29 is 4.74 Å². The SMILES string of the molecule is CCCc1nc2c(N)nc3cc(OCCCNSC)ccc3c2n1CC(C)C. The number of hydrogen-bond acceptors (Lipinski definition) is 6. The Balaban J connectivity index is 2.00. The Bertz CT molecular complexity index is 938. The first-order valence-electron chi connectivity index (χ1n) is 10.0. The van der Waals surface area contributed by atoms with E-state index in [0.29, 0.717) is 18.3 Å². The Hall–Kier alpha value is -1.99. The Morgan fingerprint density at radius 1 is 1.29 bits per heavy atom. The van der Waals surface area contributed by atoms with E-state index in [2.05, 4.69) is 41.1 Å². The van der Waals surface area contributed by atoms with Gasteiger partial charge in [-0.15, -0.1) is 0 Å². The van der Waals surface area contributed by atoms with Crippen molar-refractivity contribution in [2.24, 2.45) is 5.92 Å². The quantitative estimate of drug-likeness (QED) is 0.387. The van der Waals surface area contributed by atoms with Crippen molar-refractivity contribution in [3.8, 4) is 5.75 Å². The lowest BCUT2D eigenvalue weighted by Gasteiger charge is -2.13. The van der Waals surface area contributed by atoms with Gasteiger partial charge in [-0.2, -0.15) is 0 Å². The molecule has 0 aliphatic rings. The minimum atomic E-state index is 0.490. The van der Waals surface area contributed by atoms with E-state index >= 15 is 0 Å². The van der Waals surface area contributed by atoms with Crippen LogP contribution in [0, 0.1) is 5.92 Å². The molecule has 7 heteroatoms. The first kappa shape index (κ1) is 20.7. The fourth-order valence-corrected chi connectivity index (χ4v) is 3.79. The number of aryl methyl sites for hydroxylation is 1. The largest absolute Gasteiger partial charge is 0.493 e. The van der Waals surface area contributed by atoms with Crippen molar-refractivity contribution in [2.45, 2.75) is 46.6 Å². The van der Waals surface area contributed by atoms with Crippen LogP contribution in [0.5, 0.6) is 5.75 Å². The van der Waals surface area contributed by atoms with E-state index in [1.54, 1.807) is 11.9 Å². The summed E-state index contributed by atoms with van der Waals surface area (Å²) >= 11 is 1.63. The molecule has 0 amide bonds. The van der Waals surface area contributed by atoms with E-state index in [1.807, 2.05) is 18.4 Å². The Morgan fingerprint density at radius 3 is 2.82 bits per heavy atom. The molecule has 0 bridgehead atoms. The van der Waals surface area contributed by atoms with E-state index in [4.69, 9.17) is 15.5 Å². The highest BCUT2D eigenvalue weighted by atomic mass is 32.2. The summed E-state index contributed by atoms with van der Waals surface area (Å²) in [4.78, 5) is 9.46. The lowest BCUT2D eigenvalue weighted by Crippen LogP contribution is -2.09. The van der Waals surface area contributed by atoms with Gasteiger partial charge >= 0.3 is 0 Å². The normalized spacial score (nSPS) is 11.8. The summed E-state index contributed by atoms with van der Waals surface area (Å²) in [6.45, 7) is 9.15. The van der Waals surface area contributed by atoms with Gasteiger partial charge in [0.2, 0.25) is 0 Å². The second kappa shape index (κ2) is 9.47. The van der Waals surface area contributed by atoms with Gasteiger partial charge < -0.3 is 15.0 Å². The van der Waals surface area contributed by atoms with Crippen molar-refractivity contribution in [2.75, 3.05) is 25.1 Å². The highest BCUT2D eigenvalue weighted by Crippen LogP contribution is 2.31. The van der Waals surface area contributed by atoms with Crippen LogP contribution >= 0.6 is 11.9 Å². The first-order chi connectivity index (χ1) is 13.5. The minimum Gasteiger partial charge on any atom is -0.493 e. The maximum atomic E-state index is 6.30. The third-order valence-electron chi connectivity index (χ3n) is 4.61. The number of nitrogens with two attached hydrogens (primary N) is 1. The molecule has 28 heavy (non-hydrogen) atoms. The third kappa shape index (κ3) is 4.52. The molecule has 0 aliphatic heterocycles. The number of imidazole rings is 1. The number of nitrogens with one attached hydrogen (secondary N) is 1. The van der Waals surface area contributed by atoms with Crippen LogP contribution in [0.25, 0.3) is 21.9 Å². The van der Waals surface area contributed by atoms with Crippen molar-refractivity contribution in [1.29, 1.82) is 0 Å². The average Bonchev–Trinajstić information content (AvgIpc) is 3.00. The van der Waals surface area contributed by atoms with E-state index in [9.17, 15) is 0 Å². The standard InChI is InChI=1S/C21H31N5OS/c1-5-7-18-25-19-20(26(18)13-14(2)3)16-9-8-15(12-17(16)24-21(19)22)27-11-6-10-23-28-4/h8-9,12,14,23H,5-7,10-11,13H2,1-4H3,(H2,22,24). The predicted molar refractivity (Wildman–Crippen MR) is 120 cm³/mol. The lowest BCUT2D eigenvalue weighted by molar-refractivity contribution is 0.312. The number of ether oxygens (including phenoxy) is 1. The summed E-state index contributed by atoms with van der Waals surface area (Å²) in [5.41, 5.74) is 9.06. The molecular weight excluding hydrogens is 370 g/mol. The van der Waals surface area contributed by atoms with Crippen molar-refractivity contribution >= 4 is 39.7 Å². The van der Waals surface area contributed by atoms with E-state index in [-0.39, 0.29) is 0 Å². The first-order valence-corrected chi connectivity index (χ1v) is 11.2. The lowest BCUT2D eigenvalue weighted by atomic mass is 10.1. The maximum absolute atomic E-state index is 6.30. The minimum absolute atomic E-state index is 0.490. The number of benzene rings is 1. The molecule has 0 fully saturated rings. The van der Waals surface area contributed by atoms with Crippen molar-refractivity contribution in [1.82, 2.24) is 19.3 Å².